The fraction of sp³-hybridized carbons (Fsp3) is 0.438. The summed E-state index contributed by atoms with van der Waals surface area (Å²) < 4.78 is 20.2. The van der Waals surface area contributed by atoms with Gasteiger partial charge in [-0.3, -0.25) is 14.8 Å². The maximum absolute atomic E-state index is 13.2. The van der Waals surface area contributed by atoms with E-state index in [-0.39, 0.29) is 17.0 Å². The molecule has 2 aromatic rings. The lowest BCUT2D eigenvalue weighted by atomic mass is 9.82. The van der Waals surface area contributed by atoms with Crippen molar-refractivity contribution in [2.24, 2.45) is 0 Å². The monoisotopic (exact) mass is 334 g/mol. The summed E-state index contributed by atoms with van der Waals surface area (Å²) in [5.41, 5.74) is 0.735. The molecule has 1 saturated heterocycles. The van der Waals surface area contributed by atoms with Gasteiger partial charge in [0.15, 0.2) is 0 Å². The van der Waals surface area contributed by atoms with Crippen molar-refractivity contribution in [3.05, 3.63) is 58.2 Å². The van der Waals surface area contributed by atoms with Crippen molar-refractivity contribution in [2.75, 3.05) is 19.8 Å². The maximum atomic E-state index is 13.2. The van der Waals surface area contributed by atoms with Gasteiger partial charge >= 0.3 is 5.69 Å². The molecule has 3 rings (SSSR count). The Morgan fingerprint density at radius 3 is 2.67 bits per heavy atom. The van der Waals surface area contributed by atoms with Crippen LogP contribution in [0.5, 0.6) is 0 Å². The molecule has 1 fully saturated rings. The first-order chi connectivity index (χ1) is 11.6. The number of hydrogen-bond acceptors (Lipinski definition) is 5. The van der Waals surface area contributed by atoms with Gasteiger partial charge in [0.25, 0.3) is 0 Å². The first-order valence-electron chi connectivity index (χ1n) is 7.85. The van der Waals surface area contributed by atoms with Crippen LogP contribution in [0.25, 0.3) is 0 Å². The average molecular weight is 334 g/mol. The summed E-state index contributed by atoms with van der Waals surface area (Å²) in [7, 11) is 0. The van der Waals surface area contributed by atoms with Gasteiger partial charge in [-0.25, -0.2) is 4.39 Å². The molecule has 0 bridgehead atoms. The third-order valence-corrected chi connectivity index (χ3v) is 4.38. The molecule has 0 amide bonds. The Morgan fingerprint density at radius 2 is 2.04 bits per heavy atom. The van der Waals surface area contributed by atoms with E-state index in [9.17, 15) is 14.5 Å². The van der Waals surface area contributed by atoms with Crippen molar-refractivity contribution in [1.29, 1.82) is 0 Å². The van der Waals surface area contributed by atoms with E-state index >= 15 is 0 Å². The van der Waals surface area contributed by atoms with Crippen LogP contribution in [-0.4, -0.2) is 34.5 Å². The Balaban J connectivity index is 1.68. The second-order valence-corrected chi connectivity index (χ2v) is 5.85. The van der Waals surface area contributed by atoms with E-state index in [2.05, 4.69) is 10.4 Å². The molecule has 1 aliphatic rings. The SMILES string of the molecule is O=[N+]([O-])c1cnn(CCNC2(c3ccc(F)cc3)CCOCC2)c1. The second kappa shape index (κ2) is 7.06. The minimum Gasteiger partial charge on any atom is -0.381 e. The molecule has 8 heteroatoms. The van der Waals surface area contributed by atoms with Crippen molar-refractivity contribution < 1.29 is 14.1 Å². The molecule has 0 radical (unpaired) electrons. The number of ether oxygens (including phenoxy) is 1. The molecular formula is C16H19FN4O3. The van der Waals surface area contributed by atoms with Crippen LogP contribution in [0.2, 0.25) is 0 Å². The van der Waals surface area contributed by atoms with Crippen LogP contribution >= 0.6 is 0 Å². The standard InChI is InChI=1S/C16H19FN4O3/c17-14-3-1-13(2-4-14)16(5-9-24-10-6-16)18-7-8-20-12-15(11-19-20)21(22)23/h1-4,11-12,18H,5-10H2. The Morgan fingerprint density at radius 1 is 1.33 bits per heavy atom. The number of benzene rings is 1. The zero-order valence-corrected chi connectivity index (χ0v) is 13.2. The molecular weight excluding hydrogens is 315 g/mol. The number of nitrogens with one attached hydrogen (secondary N) is 1. The number of aromatic nitrogens is 2. The highest BCUT2D eigenvalue weighted by Gasteiger charge is 2.33. The van der Waals surface area contributed by atoms with Gasteiger partial charge in [0.2, 0.25) is 0 Å². The van der Waals surface area contributed by atoms with E-state index in [1.165, 1.54) is 24.5 Å². The van der Waals surface area contributed by atoms with Gasteiger partial charge in [0.1, 0.15) is 18.2 Å². The first kappa shape index (κ1) is 16.5. The van der Waals surface area contributed by atoms with Gasteiger partial charge in [-0.1, -0.05) is 12.1 Å². The van der Waals surface area contributed by atoms with Crippen LogP contribution in [-0.2, 0) is 16.8 Å². The van der Waals surface area contributed by atoms with Gasteiger partial charge < -0.3 is 10.1 Å². The van der Waals surface area contributed by atoms with Crippen LogP contribution in [0.1, 0.15) is 18.4 Å². The predicted molar refractivity (Wildman–Crippen MR) is 85.0 cm³/mol. The summed E-state index contributed by atoms with van der Waals surface area (Å²) in [6, 6.07) is 6.52. The van der Waals surface area contributed by atoms with E-state index < -0.39 is 4.92 Å². The van der Waals surface area contributed by atoms with Crippen molar-refractivity contribution >= 4 is 5.69 Å². The molecule has 0 spiro atoms. The molecule has 7 nitrogen and oxygen atoms in total. The van der Waals surface area contributed by atoms with E-state index in [1.54, 1.807) is 16.8 Å². The summed E-state index contributed by atoms with van der Waals surface area (Å²) in [5.74, 6) is -0.259. The zero-order chi connectivity index (χ0) is 17.0. The number of halogens is 1. The highest BCUT2D eigenvalue weighted by Crippen LogP contribution is 2.32. The molecule has 1 aromatic carbocycles. The van der Waals surface area contributed by atoms with E-state index in [0.717, 1.165) is 18.4 Å². The van der Waals surface area contributed by atoms with Crippen LogP contribution in [0.15, 0.2) is 36.7 Å². The predicted octanol–water partition coefficient (Wildman–Crippen LogP) is 2.23. The molecule has 0 aliphatic carbocycles. The Bertz CT molecular complexity index is 696. The van der Waals surface area contributed by atoms with E-state index in [1.807, 2.05) is 0 Å². The molecule has 2 heterocycles. The number of nitrogens with zero attached hydrogens (tertiary/aromatic N) is 3. The highest BCUT2D eigenvalue weighted by atomic mass is 19.1. The van der Waals surface area contributed by atoms with Crippen LogP contribution in [0, 0.1) is 15.9 Å². The maximum Gasteiger partial charge on any atom is 0.306 e. The molecule has 128 valence electrons. The van der Waals surface area contributed by atoms with Gasteiger partial charge in [-0.2, -0.15) is 5.10 Å². The minimum absolute atomic E-state index is 0.0192. The summed E-state index contributed by atoms with van der Waals surface area (Å²) in [6.07, 6.45) is 4.23. The van der Waals surface area contributed by atoms with E-state index in [0.29, 0.717) is 26.3 Å². The van der Waals surface area contributed by atoms with Crippen LogP contribution in [0.3, 0.4) is 0 Å². The largest absolute Gasteiger partial charge is 0.381 e. The molecule has 0 saturated carbocycles. The molecule has 1 aromatic heterocycles. The summed E-state index contributed by atoms with van der Waals surface area (Å²) in [4.78, 5) is 10.2. The Labute approximate surface area is 138 Å². The van der Waals surface area contributed by atoms with Crippen molar-refractivity contribution in [3.8, 4) is 0 Å². The highest BCUT2D eigenvalue weighted by molar-refractivity contribution is 5.26. The third kappa shape index (κ3) is 3.60. The fourth-order valence-corrected chi connectivity index (χ4v) is 3.04. The van der Waals surface area contributed by atoms with Crippen LogP contribution < -0.4 is 5.32 Å². The van der Waals surface area contributed by atoms with Gasteiger partial charge in [0, 0.05) is 25.3 Å². The molecule has 0 atom stereocenters. The summed E-state index contributed by atoms with van der Waals surface area (Å²) in [5, 5.41) is 18.2. The molecule has 24 heavy (non-hydrogen) atoms. The number of hydrogen-bond donors (Lipinski definition) is 1. The van der Waals surface area contributed by atoms with Crippen molar-refractivity contribution in [3.63, 3.8) is 0 Å². The zero-order valence-electron chi connectivity index (χ0n) is 13.2. The van der Waals surface area contributed by atoms with Crippen molar-refractivity contribution in [1.82, 2.24) is 15.1 Å². The van der Waals surface area contributed by atoms with Crippen molar-refractivity contribution in [2.45, 2.75) is 24.9 Å². The smallest absolute Gasteiger partial charge is 0.306 e. The summed E-state index contributed by atoms with van der Waals surface area (Å²) >= 11 is 0. The Hall–Kier alpha value is -2.32. The normalized spacial score (nSPS) is 16.9. The topological polar surface area (TPSA) is 82.2 Å². The molecule has 0 unspecified atom stereocenters. The second-order valence-electron chi connectivity index (χ2n) is 5.85. The summed E-state index contributed by atoms with van der Waals surface area (Å²) in [6.45, 7) is 2.38. The molecule has 1 N–H and O–H groups in total. The Kier molecular flexibility index (Phi) is 4.86. The quantitative estimate of drug-likeness (QED) is 0.647. The molecule has 1 aliphatic heterocycles. The minimum atomic E-state index is -0.463. The van der Waals surface area contributed by atoms with Crippen LogP contribution in [0.4, 0.5) is 10.1 Å². The number of rotatable bonds is 6. The lowest BCUT2D eigenvalue weighted by Gasteiger charge is -2.39. The van der Waals surface area contributed by atoms with Gasteiger partial charge in [-0.05, 0) is 30.5 Å². The number of nitro groups is 1. The fourth-order valence-electron chi connectivity index (χ4n) is 3.04. The van der Waals surface area contributed by atoms with E-state index in [4.69, 9.17) is 4.74 Å². The first-order valence-corrected chi connectivity index (χ1v) is 7.85. The third-order valence-electron chi connectivity index (χ3n) is 4.38. The van der Waals surface area contributed by atoms with Gasteiger partial charge in [0.05, 0.1) is 11.5 Å². The van der Waals surface area contributed by atoms with Gasteiger partial charge in [-0.15, -0.1) is 0 Å². The lowest BCUT2D eigenvalue weighted by Crippen LogP contribution is -2.47. The average Bonchev–Trinajstić information content (AvgIpc) is 3.05. The lowest BCUT2D eigenvalue weighted by molar-refractivity contribution is -0.385.